The van der Waals surface area contributed by atoms with Crippen LogP contribution in [-0.4, -0.2) is 16.1 Å². The summed E-state index contributed by atoms with van der Waals surface area (Å²) in [5.74, 6) is 0. The molecule has 0 atom stereocenters. The second kappa shape index (κ2) is 16.1. The van der Waals surface area contributed by atoms with E-state index in [-0.39, 0.29) is 0 Å². The number of hydrogen-bond donors (Lipinski definition) is 0. The van der Waals surface area contributed by atoms with Crippen LogP contribution in [0.15, 0.2) is 229 Å². The van der Waals surface area contributed by atoms with Gasteiger partial charge in [0.15, 0.2) is 0 Å². The van der Waals surface area contributed by atoms with Gasteiger partial charge in [0.05, 0.1) is 11.4 Å². The van der Waals surface area contributed by atoms with Gasteiger partial charge in [0, 0.05) is 32.8 Å². The van der Waals surface area contributed by atoms with E-state index in [4.69, 9.17) is 0 Å². The van der Waals surface area contributed by atoms with Gasteiger partial charge in [-0.3, -0.25) is 0 Å². The van der Waals surface area contributed by atoms with Crippen LogP contribution in [0, 0.1) is 0 Å². The van der Waals surface area contributed by atoms with Gasteiger partial charge in [-0.2, -0.15) is 0 Å². The SMILES string of the molecule is C[Si]1(C)C(c2ccc(/C=C/c3ccc(C4=CC=C(N(c5ccccc5)c5cccc6ccccc56)[Si]4(C)C)cc3)cc2)=CC=C1N(c1ccccc1)c1cccc2ccccc12. The van der Waals surface area contributed by atoms with Crippen LogP contribution < -0.4 is 9.80 Å². The van der Waals surface area contributed by atoms with Crippen molar-refractivity contribution in [1.29, 1.82) is 0 Å². The summed E-state index contributed by atoms with van der Waals surface area (Å²) in [7, 11) is -4.21. The molecule has 2 heterocycles. The number of allylic oxidation sites excluding steroid dienone is 4. The molecule has 0 aromatic heterocycles. The minimum absolute atomic E-state index is 1.19. The van der Waals surface area contributed by atoms with E-state index in [0.717, 1.165) is 0 Å². The zero-order valence-electron chi connectivity index (χ0n) is 35.8. The normalized spacial score (nSPS) is 15.4. The summed E-state index contributed by atoms with van der Waals surface area (Å²) in [6.45, 7) is 9.96. The second-order valence-corrected chi connectivity index (χ2v) is 26.0. The van der Waals surface area contributed by atoms with E-state index in [2.05, 4.69) is 267 Å². The maximum Gasteiger partial charge on any atom is 0.134 e. The van der Waals surface area contributed by atoms with Crippen LogP contribution in [0.1, 0.15) is 22.3 Å². The molecule has 0 spiro atoms. The Balaban J connectivity index is 0.858. The molecule has 0 bridgehead atoms. The largest absolute Gasteiger partial charge is 0.317 e. The molecule has 300 valence electrons. The third-order valence-corrected chi connectivity index (χ3v) is 19.8. The zero-order chi connectivity index (χ0) is 42.3. The molecule has 2 aliphatic rings. The van der Waals surface area contributed by atoms with E-state index < -0.39 is 16.1 Å². The van der Waals surface area contributed by atoms with Crippen LogP contribution in [0.4, 0.5) is 22.7 Å². The van der Waals surface area contributed by atoms with Crippen molar-refractivity contribution in [3.05, 3.63) is 251 Å². The third kappa shape index (κ3) is 7.11. The quantitative estimate of drug-likeness (QED) is 0.100. The van der Waals surface area contributed by atoms with Gasteiger partial charge in [-0.1, -0.05) is 208 Å². The van der Waals surface area contributed by atoms with Gasteiger partial charge in [0.2, 0.25) is 0 Å². The highest BCUT2D eigenvalue weighted by Crippen LogP contribution is 2.46. The van der Waals surface area contributed by atoms with E-state index in [1.165, 1.54) is 87.6 Å². The van der Waals surface area contributed by atoms with Gasteiger partial charge in [0.1, 0.15) is 16.1 Å². The first kappa shape index (κ1) is 39.2. The molecule has 0 unspecified atom stereocenters. The van der Waals surface area contributed by atoms with Gasteiger partial charge in [0.25, 0.3) is 0 Å². The Hall–Kier alpha value is -6.99. The van der Waals surface area contributed by atoms with Crippen molar-refractivity contribution in [2.45, 2.75) is 26.2 Å². The molecule has 0 saturated carbocycles. The molecule has 0 fully saturated rings. The Morgan fingerprint density at radius 3 is 1.10 bits per heavy atom. The highest BCUT2D eigenvalue weighted by Gasteiger charge is 2.40. The molecule has 2 nitrogen and oxygen atoms in total. The van der Waals surface area contributed by atoms with Crippen LogP contribution in [0.25, 0.3) is 44.1 Å². The molecule has 0 amide bonds. The lowest BCUT2D eigenvalue weighted by Crippen LogP contribution is -2.37. The summed E-state index contributed by atoms with van der Waals surface area (Å²) in [4.78, 5) is 5.02. The molecule has 10 rings (SSSR count). The van der Waals surface area contributed by atoms with Gasteiger partial charge >= 0.3 is 0 Å². The highest BCUT2D eigenvalue weighted by atomic mass is 28.3. The summed E-state index contributed by atoms with van der Waals surface area (Å²) in [6, 6.07) is 70.8. The van der Waals surface area contributed by atoms with E-state index in [1.807, 2.05) is 0 Å². The zero-order valence-corrected chi connectivity index (χ0v) is 37.8. The van der Waals surface area contributed by atoms with E-state index in [9.17, 15) is 0 Å². The van der Waals surface area contributed by atoms with Gasteiger partial charge in [-0.15, -0.1) is 0 Å². The molecule has 2 aliphatic heterocycles. The molecular weight excluding hydrogens is 781 g/mol. The Morgan fingerprint density at radius 2 is 0.694 bits per heavy atom. The lowest BCUT2D eigenvalue weighted by Gasteiger charge is -2.36. The monoisotopic (exact) mass is 830 g/mol. The van der Waals surface area contributed by atoms with E-state index in [0.29, 0.717) is 0 Å². The number of anilines is 4. The number of benzene rings is 8. The fourth-order valence-corrected chi connectivity index (χ4v) is 15.5. The highest BCUT2D eigenvalue weighted by molar-refractivity contribution is 7.02. The van der Waals surface area contributed by atoms with Crippen molar-refractivity contribution in [2.24, 2.45) is 0 Å². The molecule has 4 heteroatoms. The Bertz CT molecular complexity index is 2880. The number of para-hydroxylation sites is 2. The van der Waals surface area contributed by atoms with Gasteiger partial charge < -0.3 is 9.80 Å². The van der Waals surface area contributed by atoms with Crippen LogP contribution in [0.3, 0.4) is 0 Å². The van der Waals surface area contributed by atoms with Crippen LogP contribution in [0.5, 0.6) is 0 Å². The van der Waals surface area contributed by atoms with Crippen LogP contribution in [0.2, 0.25) is 26.2 Å². The maximum atomic E-state index is 2.51. The first-order chi connectivity index (χ1) is 30.3. The number of fused-ring (bicyclic) bond motifs is 2. The molecule has 8 aromatic carbocycles. The lowest BCUT2D eigenvalue weighted by molar-refractivity contribution is 1.25. The molecular formula is C58H50N2Si2. The summed E-state index contributed by atoms with van der Waals surface area (Å²) < 4.78 is 0. The van der Waals surface area contributed by atoms with E-state index in [1.54, 1.807) is 0 Å². The summed E-state index contributed by atoms with van der Waals surface area (Å²) in [5, 5.41) is 10.7. The molecule has 0 radical (unpaired) electrons. The predicted octanol–water partition coefficient (Wildman–Crippen LogP) is 16.0. The summed E-state index contributed by atoms with van der Waals surface area (Å²) in [5.41, 5.74) is 9.83. The average molecular weight is 831 g/mol. The molecule has 0 saturated heterocycles. The number of nitrogens with zero attached hydrogens (tertiary/aromatic N) is 2. The van der Waals surface area contributed by atoms with Crippen LogP contribution >= 0.6 is 0 Å². The number of hydrogen-bond acceptors (Lipinski definition) is 2. The van der Waals surface area contributed by atoms with Crippen molar-refractivity contribution in [1.82, 2.24) is 0 Å². The number of rotatable bonds is 10. The van der Waals surface area contributed by atoms with Crippen LogP contribution in [-0.2, 0) is 0 Å². The molecule has 8 aromatic rings. The standard InChI is InChI=1S/C58H50N2Si2/c1-61(2)55(39-41-57(61)59(49-21-7-5-8-22-49)53-27-15-19-45-17-11-13-25-51(45)53)47-35-31-43(32-36-47)29-30-44-33-37-48(38-34-44)56-40-42-58(62(56,3)4)60(50-23-9-6-10-24-50)54-28-16-20-46-18-12-14-26-52(46)54/h5-42H,1-4H3/b30-29+. The van der Waals surface area contributed by atoms with Crippen molar-refractivity contribution in [3.63, 3.8) is 0 Å². The predicted molar refractivity (Wildman–Crippen MR) is 274 cm³/mol. The fourth-order valence-electron chi connectivity index (χ4n) is 9.57. The van der Waals surface area contributed by atoms with Crippen molar-refractivity contribution in [3.8, 4) is 0 Å². The molecule has 0 N–H and O–H groups in total. The summed E-state index contributed by atoms with van der Waals surface area (Å²) >= 11 is 0. The lowest BCUT2D eigenvalue weighted by atomic mass is 10.1. The molecule has 0 aliphatic carbocycles. The Labute approximate surface area is 368 Å². The first-order valence-electron chi connectivity index (χ1n) is 21.7. The van der Waals surface area contributed by atoms with Crippen molar-refractivity contribution < 1.29 is 0 Å². The molecule has 62 heavy (non-hydrogen) atoms. The van der Waals surface area contributed by atoms with Crippen molar-refractivity contribution >= 4 is 83.0 Å². The maximum absolute atomic E-state index is 2.51. The topological polar surface area (TPSA) is 6.48 Å². The van der Waals surface area contributed by atoms with E-state index >= 15 is 0 Å². The Kier molecular flexibility index (Phi) is 10.2. The third-order valence-electron chi connectivity index (χ3n) is 12.9. The second-order valence-electron chi connectivity index (χ2n) is 17.4. The van der Waals surface area contributed by atoms with Crippen molar-refractivity contribution in [2.75, 3.05) is 9.80 Å². The average Bonchev–Trinajstić information content (AvgIpc) is 3.79. The van der Waals surface area contributed by atoms with Gasteiger partial charge in [-0.05, 0) is 92.0 Å². The van der Waals surface area contributed by atoms with Gasteiger partial charge in [-0.25, -0.2) is 0 Å². The Morgan fingerprint density at radius 1 is 0.339 bits per heavy atom. The summed E-state index contributed by atoms with van der Waals surface area (Å²) in [6.07, 6.45) is 14.0. The smallest absolute Gasteiger partial charge is 0.134 e. The fraction of sp³-hybridized carbons (Fsp3) is 0.0690. The minimum Gasteiger partial charge on any atom is -0.317 e. The minimum atomic E-state index is -2.11. The first-order valence-corrected chi connectivity index (χ1v) is 27.7.